The summed E-state index contributed by atoms with van der Waals surface area (Å²) < 4.78 is 1.09. The third-order valence-electron chi connectivity index (χ3n) is 3.97. The van der Waals surface area contributed by atoms with Crippen LogP contribution in [0.1, 0.15) is 30.5 Å². The van der Waals surface area contributed by atoms with Gasteiger partial charge in [-0.15, -0.1) is 5.11 Å². The van der Waals surface area contributed by atoms with Gasteiger partial charge in [-0.3, -0.25) is 19.5 Å². The van der Waals surface area contributed by atoms with Crippen LogP contribution in [-0.2, 0) is 6.54 Å². The zero-order valence-corrected chi connectivity index (χ0v) is 15.4. The largest absolute Gasteiger partial charge is 0.493 e. The summed E-state index contributed by atoms with van der Waals surface area (Å²) in [5.74, 6) is -0.356. The summed E-state index contributed by atoms with van der Waals surface area (Å²) in [6.07, 6.45) is 0. The molecule has 0 atom stereocenters. The highest BCUT2D eigenvalue weighted by Crippen LogP contribution is 2.29. The van der Waals surface area contributed by atoms with Crippen molar-refractivity contribution < 1.29 is 10.0 Å². The topological polar surface area (TPSA) is 134 Å². The number of nitro groups is 1. The molecule has 0 amide bonds. The lowest BCUT2D eigenvalue weighted by Crippen LogP contribution is -2.24. The van der Waals surface area contributed by atoms with Gasteiger partial charge < -0.3 is 5.11 Å². The van der Waals surface area contributed by atoms with Crippen LogP contribution in [0.5, 0.6) is 5.88 Å². The molecule has 1 aromatic carbocycles. The molecule has 0 radical (unpaired) electrons. The van der Waals surface area contributed by atoms with Gasteiger partial charge in [0.1, 0.15) is 11.6 Å². The van der Waals surface area contributed by atoms with Crippen LogP contribution in [0.4, 0.5) is 17.1 Å². The van der Waals surface area contributed by atoms with E-state index in [1.54, 1.807) is 13.0 Å². The molecule has 140 valence electrons. The number of aromatic nitrogens is 1. The minimum atomic E-state index is -0.580. The van der Waals surface area contributed by atoms with E-state index < -0.39 is 16.4 Å². The molecule has 0 aliphatic heterocycles. The number of nitrogens with zero attached hydrogens (tertiary/aromatic N) is 5. The van der Waals surface area contributed by atoms with Crippen molar-refractivity contribution in [3.8, 4) is 11.9 Å². The van der Waals surface area contributed by atoms with Gasteiger partial charge >= 0.3 is 0 Å². The highest BCUT2D eigenvalue weighted by Gasteiger charge is 2.20. The number of aromatic hydroxyl groups is 1. The number of nitriles is 1. The van der Waals surface area contributed by atoms with Crippen LogP contribution in [0.2, 0.25) is 0 Å². The predicted molar refractivity (Wildman–Crippen MR) is 98.7 cm³/mol. The van der Waals surface area contributed by atoms with E-state index in [9.17, 15) is 25.3 Å². The highest BCUT2D eigenvalue weighted by molar-refractivity contribution is 5.57. The van der Waals surface area contributed by atoms with Crippen LogP contribution in [0, 0.1) is 41.2 Å². The molecule has 27 heavy (non-hydrogen) atoms. The standard InChI is InChI=1S/C18H19N5O4/c1-10(2)9-22-17(24)14(8-19)12(4)16(18(22)25)21-20-13-6-5-11(3)15(7-13)23(26)27/h5-7,10,24H,9H2,1-4H3. The number of pyridine rings is 1. The third kappa shape index (κ3) is 4.00. The Bertz CT molecular complexity index is 1030. The van der Waals surface area contributed by atoms with Gasteiger partial charge in [0.05, 0.1) is 10.6 Å². The fraction of sp³-hybridized carbons (Fsp3) is 0.333. The molecule has 0 aliphatic carbocycles. The summed E-state index contributed by atoms with van der Waals surface area (Å²) in [6.45, 7) is 7.03. The number of hydrogen-bond donors (Lipinski definition) is 1. The Kier molecular flexibility index (Phi) is 5.70. The maximum Gasteiger partial charge on any atom is 0.281 e. The van der Waals surface area contributed by atoms with E-state index >= 15 is 0 Å². The molecule has 1 N–H and O–H groups in total. The van der Waals surface area contributed by atoms with E-state index in [0.717, 1.165) is 4.57 Å². The Morgan fingerprint density at radius 1 is 1.33 bits per heavy atom. The molecule has 1 heterocycles. The normalized spacial score (nSPS) is 11.1. The molecule has 0 unspecified atom stereocenters. The van der Waals surface area contributed by atoms with Gasteiger partial charge in [-0.05, 0) is 25.8 Å². The summed E-state index contributed by atoms with van der Waals surface area (Å²) in [5, 5.41) is 38.4. The van der Waals surface area contributed by atoms with Crippen molar-refractivity contribution in [1.29, 1.82) is 5.26 Å². The van der Waals surface area contributed by atoms with Crippen molar-refractivity contribution in [3.05, 3.63) is 55.4 Å². The Hall–Kier alpha value is -3.54. The summed E-state index contributed by atoms with van der Waals surface area (Å²) in [7, 11) is 0. The van der Waals surface area contributed by atoms with Gasteiger partial charge in [0, 0.05) is 23.7 Å². The van der Waals surface area contributed by atoms with Crippen LogP contribution in [0.3, 0.4) is 0 Å². The van der Waals surface area contributed by atoms with E-state index in [0.29, 0.717) is 5.56 Å². The summed E-state index contributed by atoms with van der Waals surface area (Å²) in [6, 6.07) is 6.21. The molecular weight excluding hydrogens is 350 g/mol. The molecule has 0 saturated carbocycles. The number of rotatable bonds is 5. The van der Waals surface area contributed by atoms with Crippen molar-refractivity contribution in [1.82, 2.24) is 4.57 Å². The maximum atomic E-state index is 12.7. The first kappa shape index (κ1) is 19.8. The predicted octanol–water partition coefficient (Wildman–Crippen LogP) is 4.02. The summed E-state index contributed by atoms with van der Waals surface area (Å²) in [5.41, 5.74) is 0.0449. The van der Waals surface area contributed by atoms with Gasteiger partial charge in [0.2, 0.25) is 5.88 Å². The second-order valence-electron chi connectivity index (χ2n) is 6.52. The van der Waals surface area contributed by atoms with Crippen molar-refractivity contribution in [3.63, 3.8) is 0 Å². The zero-order valence-electron chi connectivity index (χ0n) is 15.4. The SMILES string of the molecule is Cc1ccc(N=Nc2c(C)c(C#N)c(O)n(CC(C)C)c2=O)cc1[N+](=O)[O-]. The number of nitro benzene ring substituents is 1. The van der Waals surface area contributed by atoms with Crippen LogP contribution in [0.25, 0.3) is 0 Å². The van der Waals surface area contributed by atoms with Gasteiger partial charge in [-0.2, -0.15) is 10.4 Å². The lowest BCUT2D eigenvalue weighted by molar-refractivity contribution is -0.385. The van der Waals surface area contributed by atoms with E-state index in [1.807, 2.05) is 19.9 Å². The smallest absolute Gasteiger partial charge is 0.281 e. The van der Waals surface area contributed by atoms with Crippen molar-refractivity contribution >= 4 is 17.1 Å². The minimum Gasteiger partial charge on any atom is -0.493 e. The third-order valence-corrected chi connectivity index (χ3v) is 3.97. The van der Waals surface area contributed by atoms with E-state index in [-0.39, 0.29) is 40.7 Å². The Morgan fingerprint density at radius 3 is 2.56 bits per heavy atom. The number of hydrogen-bond acceptors (Lipinski definition) is 7. The molecule has 9 nitrogen and oxygen atoms in total. The second kappa shape index (κ2) is 7.78. The van der Waals surface area contributed by atoms with Gasteiger partial charge in [0.15, 0.2) is 5.69 Å². The Morgan fingerprint density at radius 2 is 2.00 bits per heavy atom. The lowest BCUT2D eigenvalue weighted by atomic mass is 10.1. The molecule has 0 fully saturated rings. The monoisotopic (exact) mass is 369 g/mol. The fourth-order valence-corrected chi connectivity index (χ4v) is 2.56. The fourth-order valence-electron chi connectivity index (χ4n) is 2.56. The van der Waals surface area contributed by atoms with Gasteiger partial charge in [-0.1, -0.05) is 19.9 Å². The molecule has 2 rings (SSSR count). The van der Waals surface area contributed by atoms with Crippen molar-refractivity contribution in [2.75, 3.05) is 0 Å². The summed E-state index contributed by atoms with van der Waals surface area (Å²) in [4.78, 5) is 23.2. The van der Waals surface area contributed by atoms with Crippen molar-refractivity contribution in [2.45, 2.75) is 34.2 Å². The molecule has 2 aromatic rings. The van der Waals surface area contributed by atoms with Crippen LogP contribution < -0.4 is 5.56 Å². The molecule has 0 saturated heterocycles. The number of azo groups is 1. The Balaban J connectivity index is 2.61. The first-order valence-electron chi connectivity index (χ1n) is 8.20. The second-order valence-corrected chi connectivity index (χ2v) is 6.52. The van der Waals surface area contributed by atoms with Crippen LogP contribution >= 0.6 is 0 Å². The average molecular weight is 369 g/mol. The van der Waals surface area contributed by atoms with Gasteiger partial charge in [0.25, 0.3) is 11.2 Å². The lowest BCUT2D eigenvalue weighted by Gasteiger charge is -2.14. The average Bonchev–Trinajstić information content (AvgIpc) is 2.60. The van der Waals surface area contributed by atoms with Crippen LogP contribution in [-0.4, -0.2) is 14.6 Å². The van der Waals surface area contributed by atoms with Gasteiger partial charge in [-0.25, -0.2) is 0 Å². The number of aryl methyl sites for hydroxylation is 1. The van der Waals surface area contributed by atoms with Crippen LogP contribution in [0.15, 0.2) is 33.2 Å². The first-order valence-corrected chi connectivity index (χ1v) is 8.20. The quantitative estimate of drug-likeness (QED) is 0.482. The molecule has 1 aromatic heterocycles. The highest BCUT2D eigenvalue weighted by atomic mass is 16.6. The van der Waals surface area contributed by atoms with Crippen molar-refractivity contribution in [2.24, 2.45) is 16.1 Å². The van der Waals surface area contributed by atoms with E-state index in [2.05, 4.69) is 10.2 Å². The molecule has 9 heteroatoms. The van der Waals surface area contributed by atoms with E-state index in [1.165, 1.54) is 19.1 Å². The molecule has 0 aliphatic rings. The summed E-state index contributed by atoms with van der Waals surface area (Å²) >= 11 is 0. The minimum absolute atomic E-state index is 0.0485. The van der Waals surface area contributed by atoms with E-state index in [4.69, 9.17) is 0 Å². The molecular formula is C18H19N5O4. The molecule has 0 bridgehead atoms. The molecule has 0 spiro atoms. The zero-order chi connectivity index (χ0) is 20.3. The Labute approximate surface area is 155 Å². The first-order chi connectivity index (χ1) is 12.7. The number of benzene rings is 1. The maximum absolute atomic E-state index is 12.7.